The number of hydrogen-bond acceptors (Lipinski definition) is 7. The van der Waals surface area contributed by atoms with E-state index in [9.17, 15) is 4.79 Å². The molecule has 0 aliphatic rings. The van der Waals surface area contributed by atoms with E-state index in [-0.39, 0.29) is 5.91 Å². The van der Waals surface area contributed by atoms with Gasteiger partial charge in [0.15, 0.2) is 11.5 Å². The number of ether oxygens (including phenoxy) is 3. The zero-order valence-electron chi connectivity index (χ0n) is 17.6. The smallest absolute Gasteiger partial charge is 0.248 e. The second-order valence-corrected chi connectivity index (χ2v) is 7.32. The highest BCUT2D eigenvalue weighted by Gasteiger charge is 2.13. The van der Waals surface area contributed by atoms with Gasteiger partial charge in [0.25, 0.3) is 0 Å². The SMILES string of the molecule is COc1cc(NCc2ccc(C=CC(=O)Nc3cscc3N)cc2)cc(OC)c1OC. The predicted octanol–water partition coefficient (Wildman–Crippen LogP) is 4.62. The minimum Gasteiger partial charge on any atom is -0.493 e. The number of benzene rings is 2. The van der Waals surface area contributed by atoms with E-state index in [4.69, 9.17) is 19.9 Å². The van der Waals surface area contributed by atoms with Gasteiger partial charge in [-0.25, -0.2) is 0 Å². The van der Waals surface area contributed by atoms with E-state index in [2.05, 4.69) is 10.6 Å². The quantitative estimate of drug-likeness (QED) is 0.421. The topological polar surface area (TPSA) is 94.8 Å². The Hall–Kier alpha value is -3.65. The first-order valence-corrected chi connectivity index (χ1v) is 10.4. The van der Waals surface area contributed by atoms with Crippen LogP contribution >= 0.6 is 11.3 Å². The minimum absolute atomic E-state index is 0.224. The zero-order valence-corrected chi connectivity index (χ0v) is 18.4. The summed E-state index contributed by atoms with van der Waals surface area (Å²) >= 11 is 1.44. The Labute approximate surface area is 185 Å². The van der Waals surface area contributed by atoms with Crippen LogP contribution in [0.2, 0.25) is 0 Å². The number of nitrogen functional groups attached to an aromatic ring is 1. The highest BCUT2D eigenvalue weighted by Crippen LogP contribution is 2.40. The summed E-state index contributed by atoms with van der Waals surface area (Å²) < 4.78 is 16.1. The molecule has 0 spiro atoms. The molecule has 1 heterocycles. The Morgan fingerprint density at radius 1 is 1.03 bits per heavy atom. The van der Waals surface area contributed by atoms with Crippen molar-refractivity contribution in [1.82, 2.24) is 0 Å². The summed E-state index contributed by atoms with van der Waals surface area (Å²) in [5.74, 6) is 1.51. The average molecular weight is 440 g/mol. The van der Waals surface area contributed by atoms with Gasteiger partial charge >= 0.3 is 0 Å². The molecule has 0 radical (unpaired) electrons. The van der Waals surface area contributed by atoms with Crippen molar-refractivity contribution in [3.63, 3.8) is 0 Å². The molecular weight excluding hydrogens is 414 g/mol. The Morgan fingerprint density at radius 2 is 1.71 bits per heavy atom. The van der Waals surface area contributed by atoms with E-state index in [0.717, 1.165) is 16.8 Å². The molecule has 0 aliphatic carbocycles. The number of carbonyl (C=O) groups is 1. The number of anilines is 3. The first kappa shape index (κ1) is 22.0. The highest BCUT2D eigenvalue weighted by atomic mass is 32.1. The van der Waals surface area contributed by atoms with Crippen molar-refractivity contribution in [2.45, 2.75) is 6.54 Å². The summed E-state index contributed by atoms with van der Waals surface area (Å²) in [5, 5.41) is 9.69. The molecule has 3 aromatic rings. The first-order valence-electron chi connectivity index (χ1n) is 9.47. The number of amides is 1. The number of thiophene rings is 1. The molecule has 0 aliphatic heterocycles. The summed E-state index contributed by atoms with van der Waals surface area (Å²) in [4.78, 5) is 12.0. The molecule has 4 N–H and O–H groups in total. The number of hydrogen-bond donors (Lipinski definition) is 3. The van der Waals surface area contributed by atoms with E-state index in [0.29, 0.717) is 35.2 Å². The number of nitrogens with one attached hydrogen (secondary N) is 2. The van der Waals surface area contributed by atoms with Crippen LogP contribution in [0, 0.1) is 0 Å². The maximum absolute atomic E-state index is 12.0. The van der Waals surface area contributed by atoms with Crippen molar-refractivity contribution in [1.29, 1.82) is 0 Å². The van der Waals surface area contributed by atoms with Gasteiger partial charge in [-0.3, -0.25) is 4.79 Å². The van der Waals surface area contributed by atoms with Gasteiger partial charge < -0.3 is 30.6 Å². The standard InChI is InChI=1S/C23H25N3O4S/c1-28-20-10-17(11-21(29-2)23(20)30-3)25-12-16-6-4-15(5-7-16)8-9-22(27)26-19-14-31-13-18(19)24/h4-11,13-14,25H,12,24H2,1-3H3,(H,26,27). The van der Waals surface area contributed by atoms with Crippen molar-refractivity contribution < 1.29 is 19.0 Å². The van der Waals surface area contributed by atoms with Gasteiger partial charge in [-0.1, -0.05) is 24.3 Å². The molecule has 1 amide bonds. The molecule has 0 bridgehead atoms. The molecule has 0 unspecified atom stereocenters. The van der Waals surface area contributed by atoms with Crippen LogP contribution < -0.4 is 30.6 Å². The fourth-order valence-corrected chi connectivity index (χ4v) is 3.56. The Morgan fingerprint density at radius 3 is 2.26 bits per heavy atom. The molecule has 1 aromatic heterocycles. The Balaban J connectivity index is 1.59. The van der Waals surface area contributed by atoms with Gasteiger partial charge in [-0.15, -0.1) is 11.3 Å². The van der Waals surface area contributed by atoms with Crippen LogP contribution in [0.4, 0.5) is 17.1 Å². The minimum atomic E-state index is -0.224. The lowest BCUT2D eigenvalue weighted by Crippen LogP contribution is -2.08. The number of rotatable bonds is 9. The van der Waals surface area contributed by atoms with Crippen molar-refractivity contribution in [3.05, 3.63) is 64.4 Å². The number of methoxy groups -OCH3 is 3. The van der Waals surface area contributed by atoms with Gasteiger partial charge in [0, 0.05) is 41.2 Å². The molecule has 0 atom stereocenters. The van der Waals surface area contributed by atoms with Crippen LogP contribution in [0.25, 0.3) is 6.08 Å². The largest absolute Gasteiger partial charge is 0.493 e. The summed E-state index contributed by atoms with van der Waals surface area (Å²) in [5.41, 5.74) is 9.83. The fourth-order valence-electron chi connectivity index (χ4n) is 2.89. The summed E-state index contributed by atoms with van der Waals surface area (Å²) in [6.45, 7) is 0.612. The number of carbonyl (C=O) groups excluding carboxylic acids is 1. The predicted molar refractivity (Wildman–Crippen MR) is 126 cm³/mol. The van der Waals surface area contributed by atoms with E-state index < -0.39 is 0 Å². The van der Waals surface area contributed by atoms with Crippen LogP contribution in [0.1, 0.15) is 11.1 Å². The van der Waals surface area contributed by atoms with Gasteiger partial charge in [0.1, 0.15) is 0 Å². The number of nitrogens with two attached hydrogens (primary N) is 1. The lowest BCUT2D eigenvalue weighted by molar-refractivity contribution is -0.111. The summed E-state index contributed by atoms with van der Waals surface area (Å²) in [6.07, 6.45) is 3.24. The van der Waals surface area contributed by atoms with Gasteiger partial charge in [-0.05, 0) is 17.2 Å². The Kier molecular flexibility index (Phi) is 7.40. The molecular formula is C23H25N3O4S. The summed E-state index contributed by atoms with van der Waals surface area (Å²) in [7, 11) is 4.75. The van der Waals surface area contributed by atoms with Crippen molar-refractivity contribution in [2.75, 3.05) is 37.7 Å². The van der Waals surface area contributed by atoms with E-state index in [1.165, 1.54) is 17.4 Å². The summed E-state index contributed by atoms with van der Waals surface area (Å²) in [6, 6.07) is 11.6. The molecule has 0 fully saturated rings. The zero-order chi connectivity index (χ0) is 22.2. The van der Waals surface area contributed by atoms with Crippen LogP contribution in [0.3, 0.4) is 0 Å². The molecule has 3 rings (SSSR count). The second kappa shape index (κ2) is 10.4. The molecule has 162 valence electrons. The van der Waals surface area contributed by atoms with E-state index in [1.807, 2.05) is 36.4 Å². The normalized spacial score (nSPS) is 10.7. The van der Waals surface area contributed by atoms with Crippen molar-refractivity contribution in [3.8, 4) is 17.2 Å². The molecule has 7 nitrogen and oxygen atoms in total. The second-order valence-electron chi connectivity index (χ2n) is 6.57. The first-order chi connectivity index (χ1) is 15.0. The van der Waals surface area contributed by atoms with Gasteiger partial charge in [0.05, 0.1) is 32.7 Å². The third-order valence-electron chi connectivity index (χ3n) is 4.52. The van der Waals surface area contributed by atoms with Crippen molar-refractivity contribution in [2.24, 2.45) is 0 Å². The van der Waals surface area contributed by atoms with E-state index >= 15 is 0 Å². The third-order valence-corrected chi connectivity index (χ3v) is 5.28. The molecule has 0 saturated carbocycles. The van der Waals surface area contributed by atoms with Crippen LogP contribution in [0.15, 0.2) is 53.2 Å². The fraction of sp³-hybridized carbons (Fsp3) is 0.174. The van der Waals surface area contributed by atoms with Gasteiger partial charge in [-0.2, -0.15) is 0 Å². The average Bonchev–Trinajstić information content (AvgIpc) is 3.20. The highest BCUT2D eigenvalue weighted by molar-refractivity contribution is 7.09. The molecule has 8 heteroatoms. The van der Waals surface area contributed by atoms with Crippen LogP contribution in [-0.2, 0) is 11.3 Å². The van der Waals surface area contributed by atoms with Crippen LogP contribution in [0.5, 0.6) is 17.2 Å². The van der Waals surface area contributed by atoms with E-state index in [1.54, 1.807) is 38.2 Å². The molecule has 0 saturated heterocycles. The van der Waals surface area contributed by atoms with Crippen LogP contribution in [-0.4, -0.2) is 27.2 Å². The maximum atomic E-state index is 12.0. The molecule has 31 heavy (non-hydrogen) atoms. The lowest BCUT2D eigenvalue weighted by atomic mass is 10.1. The maximum Gasteiger partial charge on any atom is 0.248 e. The molecule has 2 aromatic carbocycles. The Bertz CT molecular complexity index is 1040. The van der Waals surface area contributed by atoms with Gasteiger partial charge in [0.2, 0.25) is 11.7 Å². The van der Waals surface area contributed by atoms with Crippen molar-refractivity contribution >= 4 is 40.4 Å². The lowest BCUT2D eigenvalue weighted by Gasteiger charge is -2.15. The third kappa shape index (κ3) is 5.70. The monoisotopic (exact) mass is 439 g/mol.